The molecule has 0 heterocycles. The number of hydrogen-bond donors (Lipinski definition) is 0. The molecule has 0 nitrogen and oxygen atoms in total. The largest absolute Gasteiger partial charge is 0.0840 e. The van der Waals surface area contributed by atoms with Gasteiger partial charge < -0.3 is 0 Å². The fourth-order valence-electron chi connectivity index (χ4n) is 2.74. The first kappa shape index (κ1) is 15.6. The van der Waals surface area contributed by atoms with Crippen LogP contribution in [0.1, 0.15) is 43.8 Å². The van der Waals surface area contributed by atoms with Gasteiger partial charge in [0.05, 0.1) is 4.83 Å². The second-order valence-electron chi connectivity index (χ2n) is 5.63. The lowest BCUT2D eigenvalue weighted by Crippen LogP contribution is -2.02. The van der Waals surface area contributed by atoms with Crippen LogP contribution in [0.4, 0.5) is 0 Å². The van der Waals surface area contributed by atoms with Crippen LogP contribution in [0.15, 0.2) is 24.3 Å². The molecule has 1 atom stereocenters. The second kappa shape index (κ2) is 5.91. The Kier molecular flexibility index (Phi) is 4.61. The van der Waals surface area contributed by atoms with Crippen molar-refractivity contribution in [2.45, 2.75) is 39.4 Å². The first-order valence-electron chi connectivity index (χ1n) is 6.79. The monoisotopic (exact) mass is 350 g/mol. The molecule has 0 aliphatic carbocycles. The summed E-state index contributed by atoms with van der Waals surface area (Å²) in [6, 6.07) is 8.70. The van der Waals surface area contributed by atoms with Crippen LogP contribution >= 0.6 is 27.5 Å². The van der Waals surface area contributed by atoms with Crippen molar-refractivity contribution in [3.63, 3.8) is 0 Å². The highest BCUT2D eigenvalue weighted by Crippen LogP contribution is 2.39. The summed E-state index contributed by atoms with van der Waals surface area (Å²) in [7, 11) is 0. The Labute approximate surface area is 135 Å². The fraction of sp³-hybridized carbons (Fsp3) is 0.333. The lowest BCUT2D eigenvalue weighted by Gasteiger charge is -2.19. The van der Waals surface area contributed by atoms with E-state index in [1.807, 2.05) is 0 Å². The Morgan fingerprint density at radius 2 is 1.30 bits per heavy atom. The zero-order chi connectivity index (χ0) is 15.0. The Morgan fingerprint density at radius 3 is 1.85 bits per heavy atom. The average Bonchev–Trinajstić information content (AvgIpc) is 2.32. The summed E-state index contributed by atoms with van der Waals surface area (Å²) >= 11 is 10.3. The van der Waals surface area contributed by atoms with Gasteiger partial charge in [-0.3, -0.25) is 0 Å². The van der Waals surface area contributed by atoms with Gasteiger partial charge in [-0.05, 0) is 74.1 Å². The van der Waals surface area contributed by atoms with Gasteiger partial charge in [-0.25, -0.2) is 0 Å². The van der Waals surface area contributed by atoms with Crippen molar-refractivity contribution in [2.24, 2.45) is 0 Å². The van der Waals surface area contributed by atoms with Crippen LogP contribution in [0.5, 0.6) is 0 Å². The van der Waals surface area contributed by atoms with Crippen LogP contribution in [0, 0.1) is 34.6 Å². The summed E-state index contributed by atoms with van der Waals surface area (Å²) in [5.74, 6) is 0. The molecule has 2 rings (SSSR count). The van der Waals surface area contributed by atoms with E-state index in [0.717, 1.165) is 10.6 Å². The van der Waals surface area contributed by atoms with Crippen LogP contribution in [0.25, 0.3) is 0 Å². The first-order valence-corrected chi connectivity index (χ1v) is 8.09. The Balaban J connectivity index is 2.57. The van der Waals surface area contributed by atoms with Gasteiger partial charge in [0.25, 0.3) is 0 Å². The summed E-state index contributed by atoms with van der Waals surface area (Å²) < 4.78 is 0. The van der Waals surface area contributed by atoms with Crippen molar-refractivity contribution in [3.05, 3.63) is 68.2 Å². The van der Waals surface area contributed by atoms with Gasteiger partial charge in [0.15, 0.2) is 0 Å². The highest BCUT2D eigenvalue weighted by molar-refractivity contribution is 9.09. The average molecular weight is 352 g/mol. The highest BCUT2D eigenvalue weighted by Gasteiger charge is 2.19. The molecular formula is C18H20BrCl. The Morgan fingerprint density at radius 1 is 0.800 bits per heavy atom. The third-order valence-corrected chi connectivity index (χ3v) is 5.16. The van der Waals surface area contributed by atoms with E-state index in [1.54, 1.807) is 0 Å². The van der Waals surface area contributed by atoms with Gasteiger partial charge in [0, 0.05) is 5.02 Å². The zero-order valence-corrected chi connectivity index (χ0v) is 15.0. The van der Waals surface area contributed by atoms with E-state index in [-0.39, 0.29) is 4.83 Å². The van der Waals surface area contributed by atoms with Crippen molar-refractivity contribution < 1.29 is 0 Å². The molecule has 0 amide bonds. The highest BCUT2D eigenvalue weighted by atomic mass is 79.9. The molecule has 2 aromatic carbocycles. The summed E-state index contributed by atoms with van der Waals surface area (Å²) in [5, 5.41) is 0.828. The third kappa shape index (κ3) is 2.94. The summed E-state index contributed by atoms with van der Waals surface area (Å²) in [4.78, 5) is 0.134. The van der Waals surface area contributed by atoms with E-state index in [0.29, 0.717) is 0 Å². The molecule has 0 bridgehead atoms. The molecule has 0 saturated carbocycles. The van der Waals surface area contributed by atoms with E-state index in [4.69, 9.17) is 11.6 Å². The van der Waals surface area contributed by atoms with Crippen molar-refractivity contribution in [1.29, 1.82) is 0 Å². The molecule has 0 N–H and O–H groups in total. The molecule has 2 heteroatoms. The van der Waals surface area contributed by atoms with Crippen LogP contribution < -0.4 is 0 Å². The lowest BCUT2D eigenvalue weighted by atomic mass is 9.93. The van der Waals surface area contributed by atoms with E-state index in [2.05, 4.69) is 74.8 Å². The standard InChI is InChI=1S/C18H20BrCl/c1-10-6-13(4)17(14(5)7-10)18(19)15-8-11(2)12(3)9-16(15)20/h6-9,18H,1-5H3. The second-order valence-corrected chi connectivity index (χ2v) is 6.96. The number of halogens is 2. The van der Waals surface area contributed by atoms with Gasteiger partial charge in [-0.1, -0.05) is 51.3 Å². The normalized spacial score (nSPS) is 12.6. The van der Waals surface area contributed by atoms with Gasteiger partial charge in [0.2, 0.25) is 0 Å². The van der Waals surface area contributed by atoms with Gasteiger partial charge >= 0.3 is 0 Å². The zero-order valence-electron chi connectivity index (χ0n) is 12.6. The van der Waals surface area contributed by atoms with Crippen LogP contribution in [-0.2, 0) is 0 Å². The molecule has 20 heavy (non-hydrogen) atoms. The number of aryl methyl sites for hydroxylation is 5. The number of hydrogen-bond acceptors (Lipinski definition) is 0. The molecule has 0 aliphatic rings. The van der Waals surface area contributed by atoms with E-state index >= 15 is 0 Å². The number of alkyl halides is 1. The van der Waals surface area contributed by atoms with Crippen molar-refractivity contribution in [1.82, 2.24) is 0 Å². The number of rotatable bonds is 2. The molecule has 106 valence electrons. The van der Waals surface area contributed by atoms with Crippen molar-refractivity contribution in [2.75, 3.05) is 0 Å². The number of benzene rings is 2. The van der Waals surface area contributed by atoms with Gasteiger partial charge in [-0.2, -0.15) is 0 Å². The van der Waals surface area contributed by atoms with Gasteiger partial charge in [0.1, 0.15) is 0 Å². The summed E-state index contributed by atoms with van der Waals surface area (Å²) in [5.41, 5.74) is 8.88. The minimum Gasteiger partial charge on any atom is -0.0840 e. The first-order chi connectivity index (χ1) is 9.31. The maximum Gasteiger partial charge on any atom is 0.0664 e. The summed E-state index contributed by atoms with van der Waals surface area (Å²) in [6.45, 7) is 10.7. The minimum atomic E-state index is 0.134. The molecule has 0 saturated heterocycles. The predicted octanol–water partition coefficient (Wildman–Crippen LogP) is 6.37. The predicted molar refractivity (Wildman–Crippen MR) is 92.3 cm³/mol. The van der Waals surface area contributed by atoms with Crippen LogP contribution in [-0.4, -0.2) is 0 Å². The Bertz CT molecular complexity index is 636. The van der Waals surface area contributed by atoms with Crippen molar-refractivity contribution in [3.8, 4) is 0 Å². The molecule has 0 aromatic heterocycles. The quantitative estimate of drug-likeness (QED) is 0.552. The lowest BCUT2D eigenvalue weighted by molar-refractivity contribution is 1.09. The minimum absolute atomic E-state index is 0.134. The molecular weight excluding hydrogens is 332 g/mol. The summed E-state index contributed by atoms with van der Waals surface area (Å²) in [6.07, 6.45) is 0. The maximum absolute atomic E-state index is 6.45. The third-order valence-electron chi connectivity index (χ3n) is 3.88. The molecule has 0 aliphatic heterocycles. The molecule has 1 unspecified atom stereocenters. The molecule has 0 spiro atoms. The van der Waals surface area contributed by atoms with Crippen LogP contribution in [0.3, 0.4) is 0 Å². The Hall–Kier alpha value is -0.790. The van der Waals surface area contributed by atoms with Crippen LogP contribution in [0.2, 0.25) is 5.02 Å². The van der Waals surface area contributed by atoms with E-state index < -0.39 is 0 Å². The van der Waals surface area contributed by atoms with E-state index in [9.17, 15) is 0 Å². The molecule has 0 radical (unpaired) electrons. The fourth-order valence-corrected chi connectivity index (χ4v) is 4.30. The van der Waals surface area contributed by atoms with Crippen molar-refractivity contribution >= 4 is 27.5 Å². The molecule has 0 fully saturated rings. The van der Waals surface area contributed by atoms with Gasteiger partial charge in [-0.15, -0.1) is 0 Å². The SMILES string of the molecule is Cc1cc(C)c(C(Br)c2cc(C)c(C)cc2Cl)c(C)c1. The smallest absolute Gasteiger partial charge is 0.0664 e. The topological polar surface area (TPSA) is 0 Å². The maximum atomic E-state index is 6.45. The van der Waals surface area contributed by atoms with E-state index in [1.165, 1.54) is 33.4 Å². The molecule has 2 aromatic rings.